The molecule has 0 aromatic heterocycles. The summed E-state index contributed by atoms with van der Waals surface area (Å²) < 4.78 is 0. The van der Waals surface area contributed by atoms with Gasteiger partial charge in [-0.15, -0.1) is 0 Å². The Morgan fingerprint density at radius 1 is 1.40 bits per heavy atom. The Morgan fingerprint density at radius 2 is 2.07 bits per heavy atom. The first-order chi connectivity index (χ1) is 7.13. The van der Waals surface area contributed by atoms with Gasteiger partial charge < -0.3 is 5.73 Å². The second kappa shape index (κ2) is 5.72. The lowest BCUT2D eigenvalue weighted by molar-refractivity contribution is 0.649. The van der Waals surface area contributed by atoms with Crippen LogP contribution in [0.3, 0.4) is 0 Å². The SMILES string of the molecule is C=C(CC)CC(N)Cc1ccccc1C. The minimum Gasteiger partial charge on any atom is -0.327 e. The Morgan fingerprint density at radius 3 is 2.67 bits per heavy atom. The van der Waals surface area contributed by atoms with Crippen LogP contribution in [-0.4, -0.2) is 6.04 Å². The number of rotatable bonds is 5. The summed E-state index contributed by atoms with van der Waals surface area (Å²) in [5, 5.41) is 0. The third-order valence-corrected chi connectivity index (χ3v) is 2.79. The van der Waals surface area contributed by atoms with E-state index in [1.54, 1.807) is 0 Å². The van der Waals surface area contributed by atoms with E-state index in [1.165, 1.54) is 16.7 Å². The zero-order chi connectivity index (χ0) is 11.3. The molecule has 0 amide bonds. The lowest BCUT2D eigenvalue weighted by Crippen LogP contribution is -2.23. The molecule has 82 valence electrons. The monoisotopic (exact) mass is 203 g/mol. The smallest absolute Gasteiger partial charge is 0.0117 e. The maximum absolute atomic E-state index is 6.09. The van der Waals surface area contributed by atoms with E-state index in [0.29, 0.717) is 0 Å². The van der Waals surface area contributed by atoms with Crippen LogP contribution in [0.1, 0.15) is 30.9 Å². The molecule has 0 aliphatic heterocycles. The van der Waals surface area contributed by atoms with Crippen molar-refractivity contribution in [3.8, 4) is 0 Å². The lowest BCUT2D eigenvalue weighted by Gasteiger charge is -2.14. The van der Waals surface area contributed by atoms with Gasteiger partial charge in [-0.2, -0.15) is 0 Å². The molecule has 0 aliphatic carbocycles. The average molecular weight is 203 g/mol. The molecule has 1 nitrogen and oxygen atoms in total. The van der Waals surface area contributed by atoms with Crippen LogP contribution in [0.2, 0.25) is 0 Å². The highest BCUT2D eigenvalue weighted by Gasteiger charge is 2.06. The molecule has 1 heteroatoms. The van der Waals surface area contributed by atoms with E-state index in [2.05, 4.69) is 44.7 Å². The van der Waals surface area contributed by atoms with Crippen LogP contribution >= 0.6 is 0 Å². The second-order valence-electron chi connectivity index (χ2n) is 4.20. The van der Waals surface area contributed by atoms with Gasteiger partial charge in [0.15, 0.2) is 0 Å². The number of hydrogen-bond donors (Lipinski definition) is 1. The van der Waals surface area contributed by atoms with Crippen molar-refractivity contribution in [1.82, 2.24) is 0 Å². The van der Waals surface area contributed by atoms with E-state index in [4.69, 9.17) is 5.73 Å². The predicted octanol–water partition coefficient (Wildman–Crippen LogP) is 3.22. The molecule has 0 spiro atoms. The molecule has 2 N–H and O–H groups in total. The van der Waals surface area contributed by atoms with Gasteiger partial charge in [-0.05, 0) is 37.3 Å². The maximum atomic E-state index is 6.09. The summed E-state index contributed by atoms with van der Waals surface area (Å²) in [4.78, 5) is 0. The average Bonchev–Trinajstić information content (AvgIpc) is 2.21. The summed E-state index contributed by atoms with van der Waals surface area (Å²) in [5.74, 6) is 0. The maximum Gasteiger partial charge on any atom is 0.0117 e. The molecule has 1 atom stereocenters. The molecular weight excluding hydrogens is 182 g/mol. The van der Waals surface area contributed by atoms with Crippen LogP contribution in [0.4, 0.5) is 0 Å². The fraction of sp³-hybridized carbons (Fsp3) is 0.429. The molecule has 1 unspecified atom stereocenters. The summed E-state index contributed by atoms with van der Waals surface area (Å²) in [7, 11) is 0. The normalized spacial score (nSPS) is 12.5. The fourth-order valence-electron chi connectivity index (χ4n) is 1.71. The molecule has 0 radical (unpaired) electrons. The molecule has 0 saturated heterocycles. The molecule has 15 heavy (non-hydrogen) atoms. The Bertz CT molecular complexity index is 328. The lowest BCUT2D eigenvalue weighted by atomic mass is 9.97. The van der Waals surface area contributed by atoms with Crippen LogP contribution in [0, 0.1) is 6.92 Å². The number of nitrogens with two attached hydrogens (primary N) is 1. The first kappa shape index (κ1) is 12.0. The minimum absolute atomic E-state index is 0.207. The highest BCUT2D eigenvalue weighted by molar-refractivity contribution is 5.26. The summed E-state index contributed by atoms with van der Waals surface area (Å²) in [5.41, 5.74) is 10.0. The van der Waals surface area contributed by atoms with Crippen molar-refractivity contribution in [1.29, 1.82) is 0 Å². The van der Waals surface area contributed by atoms with Crippen LogP contribution in [0.15, 0.2) is 36.4 Å². The van der Waals surface area contributed by atoms with Gasteiger partial charge >= 0.3 is 0 Å². The quantitative estimate of drug-likeness (QED) is 0.731. The van der Waals surface area contributed by atoms with Crippen molar-refractivity contribution in [2.75, 3.05) is 0 Å². The van der Waals surface area contributed by atoms with Crippen molar-refractivity contribution >= 4 is 0 Å². The fourth-order valence-corrected chi connectivity index (χ4v) is 1.71. The largest absolute Gasteiger partial charge is 0.327 e. The standard InChI is InChI=1S/C14H21N/c1-4-11(2)9-14(15)10-13-8-6-5-7-12(13)3/h5-8,14H,2,4,9-10,15H2,1,3H3. The third-order valence-electron chi connectivity index (χ3n) is 2.79. The molecule has 1 rings (SSSR count). The van der Waals surface area contributed by atoms with Gasteiger partial charge in [0.2, 0.25) is 0 Å². The van der Waals surface area contributed by atoms with E-state index in [-0.39, 0.29) is 6.04 Å². The molecule has 0 aliphatic rings. The van der Waals surface area contributed by atoms with Gasteiger partial charge in [-0.25, -0.2) is 0 Å². The van der Waals surface area contributed by atoms with E-state index in [0.717, 1.165) is 19.3 Å². The zero-order valence-electron chi connectivity index (χ0n) is 9.79. The zero-order valence-corrected chi connectivity index (χ0v) is 9.79. The first-order valence-electron chi connectivity index (χ1n) is 5.60. The van der Waals surface area contributed by atoms with Crippen LogP contribution in [-0.2, 0) is 6.42 Å². The van der Waals surface area contributed by atoms with Gasteiger partial charge in [-0.1, -0.05) is 43.3 Å². The molecule has 0 bridgehead atoms. The van der Waals surface area contributed by atoms with Gasteiger partial charge in [0.1, 0.15) is 0 Å². The van der Waals surface area contributed by atoms with Crippen molar-refractivity contribution in [2.45, 2.75) is 39.2 Å². The van der Waals surface area contributed by atoms with Crippen molar-refractivity contribution in [3.05, 3.63) is 47.5 Å². The van der Waals surface area contributed by atoms with E-state index < -0.39 is 0 Å². The van der Waals surface area contributed by atoms with Gasteiger partial charge in [-0.3, -0.25) is 0 Å². The second-order valence-corrected chi connectivity index (χ2v) is 4.20. The Balaban J connectivity index is 2.55. The number of benzene rings is 1. The summed E-state index contributed by atoms with van der Waals surface area (Å²) in [6, 6.07) is 8.64. The Kier molecular flexibility index (Phi) is 4.57. The molecule has 0 saturated carbocycles. The first-order valence-corrected chi connectivity index (χ1v) is 5.60. The van der Waals surface area contributed by atoms with Gasteiger partial charge in [0.25, 0.3) is 0 Å². The van der Waals surface area contributed by atoms with Crippen molar-refractivity contribution in [2.24, 2.45) is 5.73 Å². The Hall–Kier alpha value is -1.08. The van der Waals surface area contributed by atoms with E-state index in [9.17, 15) is 0 Å². The van der Waals surface area contributed by atoms with E-state index in [1.807, 2.05) is 0 Å². The summed E-state index contributed by atoms with van der Waals surface area (Å²) in [6.45, 7) is 8.26. The van der Waals surface area contributed by atoms with Crippen molar-refractivity contribution < 1.29 is 0 Å². The van der Waals surface area contributed by atoms with Gasteiger partial charge in [0.05, 0.1) is 0 Å². The van der Waals surface area contributed by atoms with Gasteiger partial charge in [0, 0.05) is 6.04 Å². The van der Waals surface area contributed by atoms with Crippen molar-refractivity contribution in [3.63, 3.8) is 0 Å². The molecule has 0 fully saturated rings. The minimum atomic E-state index is 0.207. The molecule has 0 heterocycles. The predicted molar refractivity (Wildman–Crippen MR) is 66.9 cm³/mol. The molecule has 1 aromatic rings. The number of aryl methyl sites for hydroxylation is 1. The third kappa shape index (κ3) is 3.88. The Labute approximate surface area is 93.0 Å². The molecular formula is C14H21N. The highest BCUT2D eigenvalue weighted by atomic mass is 14.6. The molecule has 1 aromatic carbocycles. The number of hydrogen-bond acceptors (Lipinski definition) is 1. The summed E-state index contributed by atoms with van der Waals surface area (Å²) in [6.07, 6.45) is 2.91. The van der Waals surface area contributed by atoms with Crippen LogP contribution < -0.4 is 5.73 Å². The highest BCUT2D eigenvalue weighted by Crippen LogP contribution is 2.13. The van der Waals surface area contributed by atoms with Crippen LogP contribution in [0.5, 0.6) is 0 Å². The van der Waals surface area contributed by atoms with E-state index >= 15 is 0 Å². The topological polar surface area (TPSA) is 26.0 Å². The summed E-state index contributed by atoms with van der Waals surface area (Å²) >= 11 is 0. The van der Waals surface area contributed by atoms with Crippen LogP contribution in [0.25, 0.3) is 0 Å².